The van der Waals surface area contributed by atoms with Crippen LogP contribution < -0.4 is 0 Å². The van der Waals surface area contributed by atoms with Gasteiger partial charge in [-0.25, -0.2) is 0 Å². The van der Waals surface area contributed by atoms with Crippen molar-refractivity contribution in [3.8, 4) is 0 Å². The molecule has 1 aliphatic heterocycles. The quantitative estimate of drug-likeness (QED) is 0.756. The molecule has 0 radical (unpaired) electrons. The Kier molecular flexibility index (Phi) is 3.97. The molecule has 1 fully saturated rings. The minimum atomic E-state index is -0.400. The average Bonchev–Trinajstić information content (AvgIpc) is 2.27. The summed E-state index contributed by atoms with van der Waals surface area (Å²) in [7, 11) is 1.81. The van der Waals surface area contributed by atoms with E-state index in [1.165, 1.54) is 0 Å². The highest BCUT2D eigenvalue weighted by atomic mass is 16.3. The van der Waals surface area contributed by atoms with Gasteiger partial charge in [-0.15, -0.1) is 0 Å². The number of rotatable bonds is 2. The summed E-state index contributed by atoms with van der Waals surface area (Å²) in [5, 5.41) is 9.47. The van der Waals surface area contributed by atoms with Crippen molar-refractivity contribution in [2.45, 2.75) is 51.7 Å². The Labute approximate surface area is 98.2 Å². The number of aliphatic hydroxyl groups excluding tert-OH is 1. The number of likely N-dealkylation sites (N-methyl/N-ethyl adjacent to an activating group) is 1. The first kappa shape index (κ1) is 13.5. The summed E-state index contributed by atoms with van der Waals surface area (Å²) in [6, 6.07) is -0.148. The molecule has 0 aromatic rings. The zero-order valence-corrected chi connectivity index (χ0v) is 11.0. The van der Waals surface area contributed by atoms with Gasteiger partial charge in [0.05, 0.1) is 6.61 Å². The number of hydrogen-bond donors (Lipinski definition) is 1. The van der Waals surface area contributed by atoms with Crippen LogP contribution in [0.5, 0.6) is 0 Å². The van der Waals surface area contributed by atoms with Crippen molar-refractivity contribution in [1.29, 1.82) is 0 Å². The number of aliphatic hydroxyl groups is 1. The largest absolute Gasteiger partial charge is 0.394 e. The minimum absolute atomic E-state index is 0.0294. The van der Waals surface area contributed by atoms with Crippen LogP contribution in [0.1, 0.15) is 34.1 Å². The predicted octanol–water partition coefficient (Wildman–Crippen LogP) is 0.698. The highest BCUT2D eigenvalue weighted by Crippen LogP contribution is 2.28. The molecule has 1 unspecified atom stereocenters. The summed E-state index contributed by atoms with van der Waals surface area (Å²) < 4.78 is 0. The van der Waals surface area contributed by atoms with E-state index in [0.717, 1.165) is 13.0 Å². The first-order valence-electron chi connectivity index (χ1n) is 5.95. The second kappa shape index (κ2) is 4.72. The SMILES string of the molecule is CC(C)N1C(CO)C(=O)N(C)CCC1(C)C. The van der Waals surface area contributed by atoms with Gasteiger partial charge in [-0.3, -0.25) is 9.69 Å². The molecular formula is C12H24N2O2. The van der Waals surface area contributed by atoms with Gasteiger partial charge in [0.25, 0.3) is 0 Å². The summed E-state index contributed by atoms with van der Waals surface area (Å²) in [6.07, 6.45) is 0.934. The fourth-order valence-corrected chi connectivity index (χ4v) is 2.70. The molecular weight excluding hydrogens is 204 g/mol. The first-order chi connectivity index (χ1) is 7.31. The summed E-state index contributed by atoms with van der Waals surface area (Å²) in [5.74, 6) is 0.0294. The van der Waals surface area contributed by atoms with E-state index < -0.39 is 6.04 Å². The number of hydrogen-bond acceptors (Lipinski definition) is 3. The summed E-state index contributed by atoms with van der Waals surface area (Å²) >= 11 is 0. The number of carbonyl (C=O) groups excluding carboxylic acids is 1. The van der Waals surface area contributed by atoms with Crippen LogP contribution in [0.3, 0.4) is 0 Å². The highest BCUT2D eigenvalue weighted by Gasteiger charge is 2.41. The van der Waals surface area contributed by atoms with Gasteiger partial charge in [-0.2, -0.15) is 0 Å². The van der Waals surface area contributed by atoms with Gasteiger partial charge in [0.2, 0.25) is 5.91 Å². The molecule has 0 spiro atoms. The average molecular weight is 228 g/mol. The lowest BCUT2D eigenvalue weighted by Gasteiger charge is -2.43. The van der Waals surface area contributed by atoms with Crippen molar-refractivity contribution in [2.24, 2.45) is 0 Å². The van der Waals surface area contributed by atoms with Gasteiger partial charge in [0.1, 0.15) is 6.04 Å². The highest BCUT2D eigenvalue weighted by molar-refractivity contribution is 5.82. The molecule has 4 nitrogen and oxygen atoms in total. The van der Waals surface area contributed by atoms with E-state index in [9.17, 15) is 9.90 Å². The Morgan fingerprint density at radius 3 is 2.50 bits per heavy atom. The molecule has 0 saturated carbocycles. The smallest absolute Gasteiger partial charge is 0.242 e. The lowest BCUT2D eigenvalue weighted by molar-refractivity contribution is -0.138. The molecule has 1 atom stereocenters. The van der Waals surface area contributed by atoms with E-state index in [1.807, 2.05) is 7.05 Å². The van der Waals surface area contributed by atoms with E-state index in [-0.39, 0.29) is 24.1 Å². The van der Waals surface area contributed by atoms with Crippen LogP contribution in [0.4, 0.5) is 0 Å². The Balaban J connectivity index is 3.08. The summed E-state index contributed by atoms with van der Waals surface area (Å²) in [5.41, 5.74) is -0.0536. The third-order valence-corrected chi connectivity index (χ3v) is 3.48. The third-order valence-electron chi connectivity index (χ3n) is 3.48. The summed E-state index contributed by atoms with van der Waals surface area (Å²) in [4.78, 5) is 16.0. The molecule has 4 heteroatoms. The minimum Gasteiger partial charge on any atom is -0.394 e. The molecule has 0 bridgehead atoms. The van der Waals surface area contributed by atoms with Gasteiger partial charge >= 0.3 is 0 Å². The van der Waals surface area contributed by atoms with Crippen LogP contribution >= 0.6 is 0 Å². The van der Waals surface area contributed by atoms with E-state index in [2.05, 4.69) is 32.6 Å². The van der Waals surface area contributed by atoms with Gasteiger partial charge in [0.15, 0.2) is 0 Å². The van der Waals surface area contributed by atoms with Gasteiger partial charge < -0.3 is 10.0 Å². The van der Waals surface area contributed by atoms with Crippen LogP contribution in [-0.2, 0) is 4.79 Å². The van der Waals surface area contributed by atoms with Crippen molar-refractivity contribution in [3.63, 3.8) is 0 Å². The molecule has 0 aromatic heterocycles. The molecule has 1 amide bonds. The van der Waals surface area contributed by atoms with Gasteiger partial charge in [0, 0.05) is 25.2 Å². The molecule has 16 heavy (non-hydrogen) atoms. The monoisotopic (exact) mass is 228 g/mol. The Bertz CT molecular complexity index is 264. The molecule has 1 saturated heterocycles. The maximum atomic E-state index is 12.1. The lowest BCUT2D eigenvalue weighted by Crippen LogP contribution is -2.57. The lowest BCUT2D eigenvalue weighted by atomic mass is 9.95. The fraction of sp³-hybridized carbons (Fsp3) is 0.917. The predicted molar refractivity (Wildman–Crippen MR) is 64.2 cm³/mol. The van der Waals surface area contributed by atoms with Crippen LogP contribution in [0, 0.1) is 0 Å². The molecule has 1 aliphatic rings. The first-order valence-corrected chi connectivity index (χ1v) is 5.95. The van der Waals surface area contributed by atoms with E-state index in [4.69, 9.17) is 0 Å². The molecule has 0 aliphatic carbocycles. The van der Waals surface area contributed by atoms with Crippen molar-refractivity contribution in [2.75, 3.05) is 20.2 Å². The normalized spacial score (nSPS) is 27.3. The Morgan fingerprint density at radius 2 is 2.06 bits per heavy atom. The fourth-order valence-electron chi connectivity index (χ4n) is 2.70. The van der Waals surface area contributed by atoms with Crippen LogP contribution in [-0.4, -0.2) is 58.6 Å². The van der Waals surface area contributed by atoms with Crippen LogP contribution in [0.25, 0.3) is 0 Å². The van der Waals surface area contributed by atoms with Crippen molar-refractivity contribution < 1.29 is 9.90 Å². The molecule has 1 N–H and O–H groups in total. The third kappa shape index (κ3) is 2.38. The molecule has 0 aromatic carbocycles. The molecule has 1 rings (SSSR count). The second-order valence-corrected chi connectivity index (χ2v) is 5.52. The van der Waals surface area contributed by atoms with Gasteiger partial charge in [-0.1, -0.05) is 0 Å². The molecule has 1 heterocycles. The van der Waals surface area contributed by atoms with E-state index in [1.54, 1.807) is 4.90 Å². The van der Waals surface area contributed by atoms with Crippen molar-refractivity contribution in [3.05, 3.63) is 0 Å². The van der Waals surface area contributed by atoms with Gasteiger partial charge in [-0.05, 0) is 34.1 Å². The summed E-state index contributed by atoms with van der Waals surface area (Å²) in [6.45, 7) is 9.08. The topological polar surface area (TPSA) is 43.8 Å². The van der Waals surface area contributed by atoms with Crippen LogP contribution in [0.15, 0.2) is 0 Å². The van der Waals surface area contributed by atoms with Crippen molar-refractivity contribution >= 4 is 5.91 Å². The van der Waals surface area contributed by atoms with Crippen LogP contribution in [0.2, 0.25) is 0 Å². The maximum Gasteiger partial charge on any atom is 0.242 e. The number of nitrogens with zero attached hydrogens (tertiary/aromatic N) is 2. The zero-order chi connectivity index (χ0) is 12.5. The molecule has 94 valence electrons. The number of carbonyl (C=O) groups is 1. The van der Waals surface area contributed by atoms with E-state index >= 15 is 0 Å². The maximum absolute atomic E-state index is 12.1. The standard InChI is InChI=1S/C12H24N2O2/c1-9(2)14-10(8-15)11(16)13(5)7-6-12(14,3)4/h9-10,15H,6-8H2,1-5H3. The van der Waals surface area contributed by atoms with E-state index in [0.29, 0.717) is 0 Å². The Hall–Kier alpha value is -0.610. The Morgan fingerprint density at radius 1 is 1.50 bits per heavy atom. The number of amides is 1. The van der Waals surface area contributed by atoms with Crippen molar-refractivity contribution in [1.82, 2.24) is 9.80 Å². The second-order valence-electron chi connectivity index (χ2n) is 5.52. The zero-order valence-electron chi connectivity index (χ0n) is 11.0.